The molecule has 31 heavy (non-hydrogen) atoms. The third kappa shape index (κ3) is 3.14. The molecule has 1 saturated heterocycles. The number of carbonyl (C=O) groups is 1. The highest BCUT2D eigenvalue weighted by Gasteiger charge is 2.24. The molecule has 0 bridgehead atoms. The van der Waals surface area contributed by atoms with Crippen molar-refractivity contribution in [1.29, 1.82) is 0 Å². The molecule has 2 aliphatic rings. The van der Waals surface area contributed by atoms with Gasteiger partial charge in [-0.15, -0.1) is 0 Å². The number of hydrogen-bond donors (Lipinski definition) is 2. The van der Waals surface area contributed by atoms with E-state index in [-0.39, 0.29) is 11.9 Å². The van der Waals surface area contributed by atoms with Gasteiger partial charge in [0.1, 0.15) is 22.6 Å². The summed E-state index contributed by atoms with van der Waals surface area (Å²) < 4.78 is 13.9. The third-order valence-corrected chi connectivity index (χ3v) is 5.99. The zero-order chi connectivity index (χ0) is 20.9. The van der Waals surface area contributed by atoms with Crippen LogP contribution in [0.1, 0.15) is 25.2 Å². The molecule has 2 aromatic heterocycles. The van der Waals surface area contributed by atoms with Gasteiger partial charge in [-0.05, 0) is 50.1 Å². The Morgan fingerprint density at radius 1 is 1.19 bits per heavy atom. The maximum Gasteiger partial charge on any atom is 0.241 e. The minimum Gasteiger partial charge on any atom is -0.491 e. The van der Waals surface area contributed by atoms with E-state index in [0.717, 1.165) is 71.6 Å². The van der Waals surface area contributed by atoms with E-state index in [1.165, 1.54) is 0 Å². The number of amides is 1. The van der Waals surface area contributed by atoms with Crippen LogP contribution in [0.2, 0.25) is 0 Å². The van der Waals surface area contributed by atoms with Crippen molar-refractivity contribution in [1.82, 2.24) is 19.9 Å². The summed E-state index contributed by atoms with van der Waals surface area (Å²) in [6, 6.07) is 9.66. The Kier molecular flexibility index (Phi) is 4.21. The standard InChI is InChI=1S/C23H23N5O3/c1-13-25-17-10-14(5-6-19(17)31-13)22-27-18-11-15(26-23(29)16-4-2-7-24-16)12-20-21(18)28(22)8-3-9-30-20/h5-6,10-12,16,24H,2-4,7-9H2,1H3,(H,26,29). The number of anilines is 1. The fourth-order valence-electron chi connectivity index (χ4n) is 4.57. The van der Waals surface area contributed by atoms with Crippen molar-refractivity contribution in [2.24, 2.45) is 0 Å². The second-order valence-electron chi connectivity index (χ2n) is 8.18. The Morgan fingerprint density at radius 2 is 2.13 bits per heavy atom. The van der Waals surface area contributed by atoms with E-state index in [0.29, 0.717) is 18.2 Å². The van der Waals surface area contributed by atoms with Crippen LogP contribution in [-0.4, -0.2) is 39.6 Å². The van der Waals surface area contributed by atoms with E-state index < -0.39 is 0 Å². The Labute approximate surface area is 178 Å². The molecule has 8 heteroatoms. The van der Waals surface area contributed by atoms with Crippen LogP contribution in [0, 0.1) is 6.92 Å². The number of aryl methyl sites for hydroxylation is 2. The van der Waals surface area contributed by atoms with Crippen molar-refractivity contribution >= 4 is 33.7 Å². The molecule has 8 nitrogen and oxygen atoms in total. The molecular weight excluding hydrogens is 394 g/mol. The lowest BCUT2D eigenvalue weighted by molar-refractivity contribution is -0.117. The van der Waals surface area contributed by atoms with Crippen LogP contribution in [0.5, 0.6) is 5.75 Å². The molecule has 2 aliphatic heterocycles. The first-order chi connectivity index (χ1) is 15.2. The number of carbonyl (C=O) groups excluding carboxylic acids is 1. The molecule has 4 heterocycles. The van der Waals surface area contributed by atoms with E-state index in [2.05, 4.69) is 20.2 Å². The van der Waals surface area contributed by atoms with Gasteiger partial charge in [0.25, 0.3) is 0 Å². The first kappa shape index (κ1) is 18.4. The van der Waals surface area contributed by atoms with Gasteiger partial charge < -0.3 is 24.4 Å². The van der Waals surface area contributed by atoms with Crippen LogP contribution in [0.3, 0.4) is 0 Å². The monoisotopic (exact) mass is 417 g/mol. The van der Waals surface area contributed by atoms with Crippen LogP contribution < -0.4 is 15.4 Å². The lowest BCUT2D eigenvalue weighted by Gasteiger charge is -2.12. The molecule has 1 unspecified atom stereocenters. The van der Waals surface area contributed by atoms with Crippen molar-refractivity contribution < 1.29 is 13.9 Å². The second kappa shape index (κ2) is 7.09. The summed E-state index contributed by atoms with van der Waals surface area (Å²) in [6.45, 7) is 4.16. The van der Waals surface area contributed by atoms with E-state index in [1.54, 1.807) is 0 Å². The molecular formula is C23H23N5O3. The number of hydrogen-bond acceptors (Lipinski definition) is 6. The van der Waals surface area contributed by atoms with Gasteiger partial charge >= 0.3 is 0 Å². The van der Waals surface area contributed by atoms with E-state index in [4.69, 9.17) is 14.1 Å². The summed E-state index contributed by atoms with van der Waals surface area (Å²) in [5.74, 6) is 2.25. The van der Waals surface area contributed by atoms with Gasteiger partial charge in [-0.3, -0.25) is 4.79 Å². The Bertz CT molecular complexity index is 1320. The third-order valence-electron chi connectivity index (χ3n) is 5.99. The molecule has 6 rings (SSSR count). The molecule has 1 amide bonds. The van der Waals surface area contributed by atoms with Gasteiger partial charge in [0.15, 0.2) is 11.5 Å². The van der Waals surface area contributed by atoms with Crippen LogP contribution in [0.4, 0.5) is 5.69 Å². The predicted molar refractivity (Wildman–Crippen MR) is 117 cm³/mol. The fraction of sp³-hybridized carbons (Fsp3) is 0.348. The molecule has 1 atom stereocenters. The van der Waals surface area contributed by atoms with Crippen molar-refractivity contribution in [3.05, 3.63) is 36.2 Å². The molecule has 2 aromatic carbocycles. The first-order valence-corrected chi connectivity index (χ1v) is 10.7. The Morgan fingerprint density at radius 3 is 3.00 bits per heavy atom. The maximum absolute atomic E-state index is 12.6. The topological polar surface area (TPSA) is 94.2 Å². The average Bonchev–Trinajstić information content (AvgIpc) is 3.45. The highest BCUT2D eigenvalue weighted by Crippen LogP contribution is 2.36. The number of nitrogens with one attached hydrogen (secondary N) is 2. The minimum atomic E-state index is -0.137. The molecule has 2 N–H and O–H groups in total. The minimum absolute atomic E-state index is 0.0100. The number of imidazole rings is 1. The van der Waals surface area contributed by atoms with E-state index >= 15 is 0 Å². The maximum atomic E-state index is 12.6. The zero-order valence-electron chi connectivity index (χ0n) is 17.3. The van der Waals surface area contributed by atoms with Gasteiger partial charge in [0, 0.05) is 30.8 Å². The van der Waals surface area contributed by atoms with E-state index in [1.807, 2.05) is 37.3 Å². The number of fused-ring (bicyclic) bond motifs is 1. The summed E-state index contributed by atoms with van der Waals surface area (Å²) >= 11 is 0. The summed E-state index contributed by atoms with van der Waals surface area (Å²) in [6.07, 6.45) is 2.76. The Hall–Kier alpha value is -3.39. The summed E-state index contributed by atoms with van der Waals surface area (Å²) in [7, 11) is 0. The molecule has 0 spiro atoms. The van der Waals surface area contributed by atoms with Gasteiger partial charge in [-0.2, -0.15) is 0 Å². The summed E-state index contributed by atoms with van der Waals surface area (Å²) in [5.41, 5.74) is 5.04. The number of benzene rings is 2. The van der Waals surface area contributed by atoms with Crippen LogP contribution in [0.25, 0.3) is 33.5 Å². The number of ether oxygens (including phenoxy) is 1. The normalized spacial score (nSPS) is 18.3. The molecule has 0 saturated carbocycles. The van der Waals surface area contributed by atoms with Crippen molar-refractivity contribution in [3.63, 3.8) is 0 Å². The van der Waals surface area contributed by atoms with Crippen LogP contribution in [0.15, 0.2) is 34.7 Å². The van der Waals surface area contributed by atoms with E-state index in [9.17, 15) is 4.79 Å². The Balaban J connectivity index is 1.45. The predicted octanol–water partition coefficient (Wildman–Crippen LogP) is 3.63. The smallest absolute Gasteiger partial charge is 0.241 e. The molecule has 158 valence electrons. The lowest BCUT2D eigenvalue weighted by Crippen LogP contribution is -2.35. The number of oxazole rings is 1. The highest BCUT2D eigenvalue weighted by atomic mass is 16.5. The van der Waals surface area contributed by atoms with Crippen molar-refractivity contribution in [3.8, 4) is 17.1 Å². The molecule has 4 aromatic rings. The largest absolute Gasteiger partial charge is 0.491 e. The van der Waals surface area contributed by atoms with Gasteiger partial charge in [-0.1, -0.05) is 0 Å². The van der Waals surface area contributed by atoms with Gasteiger partial charge in [0.05, 0.1) is 18.2 Å². The average molecular weight is 417 g/mol. The van der Waals surface area contributed by atoms with Crippen LogP contribution in [-0.2, 0) is 11.3 Å². The second-order valence-corrected chi connectivity index (χ2v) is 8.18. The number of rotatable bonds is 3. The summed E-state index contributed by atoms with van der Waals surface area (Å²) in [4.78, 5) is 22.0. The summed E-state index contributed by atoms with van der Waals surface area (Å²) in [5, 5.41) is 6.28. The quantitative estimate of drug-likeness (QED) is 0.529. The van der Waals surface area contributed by atoms with Crippen LogP contribution >= 0.6 is 0 Å². The van der Waals surface area contributed by atoms with Gasteiger partial charge in [0.2, 0.25) is 5.91 Å². The van der Waals surface area contributed by atoms with Crippen molar-refractivity contribution in [2.75, 3.05) is 18.5 Å². The number of nitrogens with zero attached hydrogens (tertiary/aromatic N) is 3. The van der Waals surface area contributed by atoms with Gasteiger partial charge in [-0.25, -0.2) is 9.97 Å². The molecule has 0 radical (unpaired) electrons. The zero-order valence-corrected chi connectivity index (χ0v) is 17.3. The first-order valence-electron chi connectivity index (χ1n) is 10.7. The highest BCUT2D eigenvalue weighted by molar-refractivity contribution is 5.98. The fourth-order valence-corrected chi connectivity index (χ4v) is 4.57. The molecule has 1 fully saturated rings. The number of aromatic nitrogens is 3. The van der Waals surface area contributed by atoms with Crippen molar-refractivity contribution in [2.45, 2.75) is 38.8 Å². The SMILES string of the molecule is Cc1nc2cc(-c3nc4cc(NC(=O)C5CCCN5)cc5c4n3CCCO5)ccc2o1. The lowest BCUT2D eigenvalue weighted by atomic mass is 10.2. The molecule has 0 aliphatic carbocycles.